The molecule has 3 atom stereocenters. The predicted octanol–water partition coefficient (Wildman–Crippen LogP) is 3.06. The lowest BCUT2D eigenvalue weighted by Crippen LogP contribution is -2.70. The van der Waals surface area contributed by atoms with Crippen LogP contribution in [0.3, 0.4) is 0 Å². The molecule has 0 spiro atoms. The van der Waals surface area contributed by atoms with Crippen molar-refractivity contribution >= 4 is 29.4 Å². The molecule has 3 aromatic rings. The number of rotatable bonds is 8. The molecule has 0 bridgehead atoms. The van der Waals surface area contributed by atoms with E-state index in [0.717, 1.165) is 21.7 Å². The molecule has 0 aliphatic carbocycles. The van der Waals surface area contributed by atoms with E-state index >= 15 is 0 Å². The van der Waals surface area contributed by atoms with Crippen molar-refractivity contribution in [2.24, 2.45) is 13.0 Å². The van der Waals surface area contributed by atoms with E-state index in [2.05, 4.69) is 20.7 Å². The van der Waals surface area contributed by atoms with E-state index in [-0.39, 0.29) is 17.9 Å². The van der Waals surface area contributed by atoms with Gasteiger partial charge in [0.05, 0.1) is 23.8 Å². The number of urea groups is 1. The van der Waals surface area contributed by atoms with E-state index in [0.29, 0.717) is 24.3 Å². The van der Waals surface area contributed by atoms with E-state index in [9.17, 15) is 14.4 Å². The lowest BCUT2D eigenvalue weighted by Gasteiger charge is -2.46. The van der Waals surface area contributed by atoms with Crippen molar-refractivity contribution in [2.75, 3.05) is 24.3 Å². The van der Waals surface area contributed by atoms with Crippen LogP contribution in [0.2, 0.25) is 0 Å². The zero-order chi connectivity index (χ0) is 26.7. The molecule has 1 aliphatic heterocycles. The van der Waals surface area contributed by atoms with Gasteiger partial charge in [0, 0.05) is 33.0 Å². The van der Waals surface area contributed by atoms with Gasteiger partial charge in [0.25, 0.3) is 5.91 Å². The number of β-lactam (4-membered cyclic amide) rings is 1. The molecule has 0 radical (unpaired) electrons. The Morgan fingerprint density at radius 3 is 2.54 bits per heavy atom. The van der Waals surface area contributed by atoms with Crippen molar-refractivity contribution in [3.8, 4) is 0 Å². The Bertz CT molecular complexity index is 1290. The highest BCUT2D eigenvalue weighted by molar-refractivity contribution is 6.12. The summed E-state index contributed by atoms with van der Waals surface area (Å²) in [7, 11) is 5.17. The maximum Gasteiger partial charge on any atom is 0.325 e. The summed E-state index contributed by atoms with van der Waals surface area (Å²) in [4.78, 5) is 47.4. The van der Waals surface area contributed by atoms with E-state index < -0.39 is 18.0 Å². The Morgan fingerprint density at radius 1 is 1.19 bits per heavy atom. The summed E-state index contributed by atoms with van der Waals surface area (Å²) in [5.74, 6) is -0.722. The number of likely N-dealkylation sites (N-methyl/N-ethyl adjacent to an activating group) is 1. The van der Waals surface area contributed by atoms with Crippen LogP contribution in [0.1, 0.15) is 36.2 Å². The zero-order valence-electron chi connectivity index (χ0n) is 21.8. The number of likely N-dealkylation sites (tertiary alicyclic amines) is 1. The summed E-state index contributed by atoms with van der Waals surface area (Å²) in [6, 6.07) is 11.5. The third-order valence-corrected chi connectivity index (χ3v) is 6.73. The molecular weight excluding hydrogens is 470 g/mol. The van der Waals surface area contributed by atoms with Crippen molar-refractivity contribution in [2.45, 2.75) is 38.8 Å². The molecule has 4 rings (SSSR count). The second-order valence-electron chi connectivity index (χ2n) is 9.31. The van der Waals surface area contributed by atoms with Gasteiger partial charge >= 0.3 is 6.03 Å². The van der Waals surface area contributed by atoms with Gasteiger partial charge in [-0.25, -0.2) is 9.78 Å². The number of hydrogen-bond donors (Lipinski definition) is 2. The molecule has 10 nitrogen and oxygen atoms in total. The molecule has 1 aliphatic rings. The van der Waals surface area contributed by atoms with Crippen LogP contribution in [0.15, 0.2) is 54.9 Å². The van der Waals surface area contributed by atoms with Crippen LogP contribution in [0.25, 0.3) is 0 Å². The summed E-state index contributed by atoms with van der Waals surface area (Å²) in [6.07, 6.45) is 4.24. The first kappa shape index (κ1) is 25.9. The Kier molecular flexibility index (Phi) is 7.56. The zero-order valence-corrected chi connectivity index (χ0v) is 21.8. The number of carbonyl (C=O) groups is 3. The monoisotopic (exact) mass is 503 g/mol. The molecule has 10 heteroatoms. The number of aromatic nitrogens is 3. The van der Waals surface area contributed by atoms with Gasteiger partial charge in [0.2, 0.25) is 5.91 Å². The minimum atomic E-state index is -0.947. The van der Waals surface area contributed by atoms with Gasteiger partial charge < -0.3 is 15.5 Å². The second-order valence-corrected chi connectivity index (χ2v) is 9.31. The highest BCUT2D eigenvalue weighted by atomic mass is 16.2. The number of nitrogens with one attached hydrogen (secondary N) is 2. The van der Waals surface area contributed by atoms with Crippen LogP contribution < -0.4 is 15.5 Å². The first-order valence-corrected chi connectivity index (χ1v) is 12.3. The normalized spacial score (nSPS) is 17.6. The number of aryl methyl sites for hydroxylation is 2. The highest BCUT2D eigenvalue weighted by Gasteiger charge is 2.55. The molecule has 3 heterocycles. The molecule has 194 valence electrons. The molecule has 1 fully saturated rings. The van der Waals surface area contributed by atoms with Crippen molar-refractivity contribution < 1.29 is 14.4 Å². The number of nitrogens with zero attached hydrogens (tertiary/aromatic N) is 5. The second kappa shape index (κ2) is 10.8. The average Bonchev–Trinajstić information content (AvgIpc) is 3.34. The number of benzene rings is 1. The summed E-state index contributed by atoms with van der Waals surface area (Å²) >= 11 is 0. The van der Waals surface area contributed by atoms with E-state index in [4.69, 9.17) is 0 Å². The predicted molar refractivity (Wildman–Crippen MR) is 141 cm³/mol. The lowest BCUT2D eigenvalue weighted by molar-refractivity contribution is -0.156. The Morgan fingerprint density at radius 2 is 1.92 bits per heavy atom. The van der Waals surface area contributed by atoms with Crippen LogP contribution in [0.5, 0.6) is 0 Å². The van der Waals surface area contributed by atoms with Gasteiger partial charge in [-0.05, 0) is 43.0 Å². The van der Waals surface area contributed by atoms with Gasteiger partial charge in [0.1, 0.15) is 11.9 Å². The summed E-state index contributed by atoms with van der Waals surface area (Å²) < 4.78 is 1.59. The highest BCUT2D eigenvalue weighted by Crippen LogP contribution is 2.33. The number of hydrogen-bond acceptors (Lipinski definition) is 6. The first-order valence-electron chi connectivity index (χ1n) is 12.3. The van der Waals surface area contributed by atoms with Crippen molar-refractivity contribution in [3.05, 3.63) is 71.7 Å². The standard InChI is InChI=1S/C27H33N7O3/c1-6-22(19-10-8-7-9-11-19)31-27(37)34-24(26(36)33(5)20-15-29-32(4)16-20)21(25(34)35)13-18-12-17(2)30-23(14-18)28-3/h7-12,14-16,21-22,24H,6,13H2,1-5H3,(H,28,30)(H,31,37)/t21-,22?,24+/m1/s1. The van der Waals surface area contributed by atoms with Gasteiger partial charge in [-0.15, -0.1) is 0 Å². The maximum atomic E-state index is 13.7. The quantitative estimate of drug-likeness (QED) is 0.457. The fraction of sp³-hybridized carbons (Fsp3) is 0.370. The van der Waals surface area contributed by atoms with E-state index in [1.165, 1.54) is 4.90 Å². The van der Waals surface area contributed by atoms with E-state index in [1.54, 1.807) is 38.2 Å². The number of carbonyl (C=O) groups excluding carboxylic acids is 3. The third kappa shape index (κ3) is 5.32. The fourth-order valence-corrected chi connectivity index (χ4v) is 4.73. The molecule has 0 saturated carbocycles. The van der Waals surface area contributed by atoms with Gasteiger partial charge in [-0.1, -0.05) is 37.3 Å². The Hall–Kier alpha value is -4.21. The molecule has 1 saturated heterocycles. The SMILES string of the molecule is CCC(NC(=O)N1C(=O)[C@H](Cc2cc(C)nc(NC)c2)[C@H]1C(=O)N(C)c1cnn(C)c1)c1ccccc1. The van der Waals surface area contributed by atoms with Crippen LogP contribution in [0, 0.1) is 12.8 Å². The molecule has 1 unspecified atom stereocenters. The summed E-state index contributed by atoms with van der Waals surface area (Å²) in [6.45, 7) is 3.84. The molecule has 2 aromatic heterocycles. The van der Waals surface area contributed by atoms with Gasteiger partial charge in [-0.3, -0.25) is 19.2 Å². The first-order chi connectivity index (χ1) is 17.7. The minimum absolute atomic E-state index is 0.284. The number of pyridine rings is 1. The smallest absolute Gasteiger partial charge is 0.325 e. The van der Waals surface area contributed by atoms with Gasteiger partial charge in [0.15, 0.2) is 0 Å². The fourth-order valence-electron chi connectivity index (χ4n) is 4.73. The molecule has 1 aromatic carbocycles. The average molecular weight is 504 g/mol. The summed E-state index contributed by atoms with van der Waals surface area (Å²) in [5.41, 5.74) is 3.18. The van der Waals surface area contributed by atoms with Crippen molar-refractivity contribution in [1.82, 2.24) is 25.0 Å². The van der Waals surface area contributed by atoms with Crippen molar-refractivity contribution in [3.63, 3.8) is 0 Å². The van der Waals surface area contributed by atoms with Crippen LogP contribution in [-0.4, -0.2) is 57.6 Å². The summed E-state index contributed by atoms with van der Waals surface area (Å²) in [5, 5.41) is 10.1. The van der Waals surface area contributed by atoms with E-state index in [1.807, 2.05) is 56.3 Å². The molecule has 37 heavy (non-hydrogen) atoms. The van der Waals surface area contributed by atoms with Crippen LogP contribution in [-0.2, 0) is 23.1 Å². The third-order valence-electron chi connectivity index (χ3n) is 6.73. The Balaban J connectivity index is 1.61. The van der Waals surface area contributed by atoms with Crippen molar-refractivity contribution in [1.29, 1.82) is 0 Å². The topological polar surface area (TPSA) is 112 Å². The maximum absolute atomic E-state index is 13.7. The van der Waals surface area contributed by atoms with Crippen LogP contribution >= 0.6 is 0 Å². The molecule has 2 N–H and O–H groups in total. The van der Waals surface area contributed by atoms with Crippen LogP contribution in [0.4, 0.5) is 16.3 Å². The Labute approximate surface area is 216 Å². The largest absolute Gasteiger partial charge is 0.373 e. The minimum Gasteiger partial charge on any atom is -0.373 e. The lowest BCUT2D eigenvalue weighted by atomic mass is 9.81. The molecular formula is C27H33N7O3. The molecule has 4 amide bonds. The number of imide groups is 1. The number of anilines is 2. The number of amides is 4. The van der Waals surface area contributed by atoms with Gasteiger partial charge in [-0.2, -0.15) is 5.10 Å².